The van der Waals surface area contributed by atoms with Crippen LogP contribution in [0.1, 0.15) is 12.0 Å². The van der Waals surface area contributed by atoms with Gasteiger partial charge in [0, 0.05) is 17.9 Å². The molecule has 1 amide bonds. The lowest BCUT2D eigenvalue weighted by atomic mass is 10.0. The van der Waals surface area contributed by atoms with E-state index in [2.05, 4.69) is 21.6 Å². The lowest BCUT2D eigenvalue weighted by Gasteiger charge is -2.29. The number of aryl methyl sites for hydroxylation is 1. The first-order valence-corrected chi connectivity index (χ1v) is 10.4. The number of amides is 1. The van der Waals surface area contributed by atoms with Crippen molar-refractivity contribution < 1.29 is 9.18 Å². The lowest BCUT2D eigenvalue weighted by Crippen LogP contribution is -2.36. The van der Waals surface area contributed by atoms with Gasteiger partial charge in [0.1, 0.15) is 5.82 Å². The van der Waals surface area contributed by atoms with Gasteiger partial charge < -0.3 is 10.2 Å². The number of para-hydroxylation sites is 1. The van der Waals surface area contributed by atoms with Crippen LogP contribution in [0, 0.1) is 5.82 Å². The molecular formula is C19H17FN4OS2. The molecule has 0 aliphatic carbocycles. The topological polar surface area (TPSA) is 58.1 Å². The van der Waals surface area contributed by atoms with Crippen molar-refractivity contribution >= 4 is 45.5 Å². The molecular weight excluding hydrogens is 383 g/mol. The van der Waals surface area contributed by atoms with Crippen molar-refractivity contribution in [1.29, 1.82) is 0 Å². The first-order chi connectivity index (χ1) is 13.2. The molecule has 27 heavy (non-hydrogen) atoms. The number of hydrogen-bond acceptors (Lipinski definition) is 6. The molecule has 0 saturated carbocycles. The van der Waals surface area contributed by atoms with E-state index in [1.165, 1.54) is 40.8 Å². The predicted octanol–water partition coefficient (Wildman–Crippen LogP) is 4.49. The van der Waals surface area contributed by atoms with Gasteiger partial charge in [-0.3, -0.25) is 4.79 Å². The van der Waals surface area contributed by atoms with Crippen molar-refractivity contribution in [2.75, 3.05) is 22.5 Å². The van der Waals surface area contributed by atoms with Crippen molar-refractivity contribution in [3.8, 4) is 0 Å². The standard InChI is InChI=1S/C19H17FN4OS2/c20-14-7-3-8-15(11-14)21-18-22-23-19(27-18)26-12-17(25)24-10-4-6-13-5-1-2-9-16(13)24/h1-3,5,7-9,11H,4,6,10,12H2,(H,21,22). The first-order valence-electron chi connectivity index (χ1n) is 8.56. The molecule has 0 spiro atoms. The molecule has 5 nitrogen and oxygen atoms in total. The number of nitrogens with zero attached hydrogens (tertiary/aromatic N) is 3. The molecule has 0 radical (unpaired) electrons. The van der Waals surface area contributed by atoms with Crippen molar-refractivity contribution in [2.45, 2.75) is 17.2 Å². The van der Waals surface area contributed by atoms with Crippen LogP contribution in [-0.2, 0) is 11.2 Å². The Hall–Kier alpha value is -2.45. The van der Waals surface area contributed by atoms with Crippen LogP contribution >= 0.6 is 23.1 Å². The summed E-state index contributed by atoms with van der Waals surface area (Å²) in [6.45, 7) is 0.749. The highest BCUT2D eigenvalue weighted by molar-refractivity contribution is 8.01. The third-order valence-corrected chi connectivity index (χ3v) is 6.17. The quantitative estimate of drug-likeness (QED) is 0.640. The van der Waals surface area contributed by atoms with Gasteiger partial charge in [-0.25, -0.2) is 4.39 Å². The summed E-state index contributed by atoms with van der Waals surface area (Å²) < 4.78 is 13.9. The summed E-state index contributed by atoms with van der Waals surface area (Å²) in [6, 6.07) is 14.2. The maximum Gasteiger partial charge on any atom is 0.237 e. The third kappa shape index (κ3) is 4.28. The Morgan fingerprint density at radius 2 is 2.11 bits per heavy atom. The van der Waals surface area contributed by atoms with Gasteiger partial charge in [0.05, 0.1) is 5.75 Å². The molecule has 3 aromatic rings. The number of hydrogen-bond donors (Lipinski definition) is 1. The molecule has 1 aromatic heterocycles. The number of aromatic nitrogens is 2. The smallest absolute Gasteiger partial charge is 0.237 e. The number of benzene rings is 2. The van der Waals surface area contributed by atoms with Gasteiger partial charge in [-0.15, -0.1) is 10.2 Å². The summed E-state index contributed by atoms with van der Waals surface area (Å²) >= 11 is 2.72. The number of anilines is 3. The second-order valence-corrected chi connectivity index (χ2v) is 8.27. The molecule has 0 unspecified atom stereocenters. The zero-order valence-corrected chi connectivity index (χ0v) is 16.0. The molecule has 1 N–H and O–H groups in total. The molecule has 0 atom stereocenters. The van der Waals surface area contributed by atoms with E-state index in [0.29, 0.717) is 20.9 Å². The van der Waals surface area contributed by atoms with E-state index < -0.39 is 0 Å². The number of nitrogens with one attached hydrogen (secondary N) is 1. The Kier molecular flexibility index (Phi) is 5.35. The van der Waals surface area contributed by atoms with E-state index in [9.17, 15) is 9.18 Å². The van der Waals surface area contributed by atoms with E-state index in [0.717, 1.165) is 25.1 Å². The van der Waals surface area contributed by atoms with Crippen molar-refractivity contribution in [3.05, 3.63) is 59.9 Å². The third-order valence-electron chi connectivity index (χ3n) is 4.21. The molecule has 8 heteroatoms. The van der Waals surface area contributed by atoms with Gasteiger partial charge in [0.15, 0.2) is 4.34 Å². The van der Waals surface area contributed by atoms with E-state index in [1.54, 1.807) is 12.1 Å². The molecule has 1 aliphatic rings. The summed E-state index contributed by atoms with van der Waals surface area (Å²) in [4.78, 5) is 14.5. The molecule has 0 fully saturated rings. The van der Waals surface area contributed by atoms with E-state index in [1.807, 2.05) is 23.1 Å². The maximum atomic E-state index is 13.2. The van der Waals surface area contributed by atoms with Crippen molar-refractivity contribution in [1.82, 2.24) is 10.2 Å². The summed E-state index contributed by atoms with van der Waals surface area (Å²) in [5, 5.41) is 11.8. The Bertz CT molecular complexity index is 962. The summed E-state index contributed by atoms with van der Waals surface area (Å²) in [5.41, 5.74) is 2.85. The molecule has 0 saturated heterocycles. The summed E-state index contributed by atoms with van der Waals surface area (Å²) in [6.07, 6.45) is 1.99. The maximum absolute atomic E-state index is 13.2. The molecule has 2 heterocycles. The second kappa shape index (κ2) is 8.06. The largest absolute Gasteiger partial charge is 0.330 e. The first kappa shape index (κ1) is 17.9. The van der Waals surface area contributed by atoms with Gasteiger partial charge >= 0.3 is 0 Å². The fourth-order valence-electron chi connectivity index (χ4n) is 3.00. The average Bonchev–Trinajstić information content (AvgIpc) is 3.13. The van der Waals surface area contributed by atoms with Gasteiger partial charge in [-0.05, 0) is 42.7 Å². The van der Waals surface area contributed by atoms with Gasteiger partial charge in [0.25, 0.3) is 0 Å². The average molecular weight is 401 g/mol. The number of thioether (sulfide) groups is 1. The molecule has 4 rings (SSSR count). The molecule has 0 bridgehead atoms. The van der Waals surface area contributed by atoms with Gasteiger partial charge in [0.2, 0.25) is 11.0 Å². The minimum atomic E-state index is -0.313. The molecule has 1 aliphatic heterocycles. The highest BCUT2D eigenvalue weighted by Gasteiger charge is 2.22. The normalized spacial score (nSPS) is 13.3. The minimum absolute atomic E-state index is 0.0713. The van der Waals surface area contributed by atoms with Crippen LogP contribution in [0.15, 0.2) is 52.9 Å². The minimum Gasteiger partial charge on any atom is -0.330 e. The van der Waals surface area contributed by atoms with Crippen LogP contribution in [0.5, 0.6) is 0 Å². The predicted molar refractivity (Wildman–Crippen MR) is 107 cm³/mol. The number of carbonyl (C=O) groups excluding carboxylic acids is 1. The fourth-order valence-corrected chi connectivity index (χ4v) is 4.65. The number of carbonyl (C=O) groups is 1. The van der Waals surface area contributed by atoms with Crippen LogP contribution in [0.25, 0.3) is 0 Å². The van der Waals surface area contributed by atoms with E-state index in [-0.39, 0.29) is 11.7 Å². The van der Waals surface area contributed by atoms with E-state index in [4.69, 9.17) is 0 Å². The monoisotopic (exact) mass is 400 g/mol. The lowest BCUT2D eigenvalue weighted by molar-refractivity contribution is -0.116. The zero-order chi connectivity index (χ0) is 18.6. The Morgan fingerprint density at radius 3 is 3.00 bits per heavy atom. The zero-order valence-electron chi connectivity index (χ0n) is 14.4. The molecule has 138 valence electrons. The highest BCUT2D eigenvalue weighted by Crippen LogP contribution is 2.30. The number of fused-ring (bicyclic) bond motifs is 1. The Balaban J connectivity index is 1.37. The van der Waals surface area contributed by atoms with Crippen LogP contribution in [0.2, 0.25) is 0 Å². The van der Waals surface area contributed by atoms with Crippen LogP contribution in [-0.4, -0.2) is 28.4 Å². The van der Waals surface area contributed by atoms with Gasteiger partial charge in [-0.2, -0.15) is 0 Å². The Labute approximate surface area is 164 Å². The Morgan fingerprint density at radius 1 is 1.22 bits per heavy atom. The second-order valence-electron chi connectivity index (χ2n) is 6.07. The van der Waals surface area contributed by atoms with Crippen LogP contribution < -0.4 is 10.2 Å². The van der Waals surface area contributed by atoms with Crippen LogP contribution in [0.3, 0.4) is 0 Å². The summed E-state index contributed by atoms with van der Waals surface area (Å²) in [7, 11) is 0. The SMILES string of the molecule is O=C(CSc1nnc(Nc2cccc(F)c2)s1)N1CCCc2ccccc21. The van der Waals surface area contributed by atoms with Crippen molar-refractivity contribution in [2.24, 2.45) is 0 Å². The van der Waals surface area contributed by atoms with E-state index >= 15 is 0 Å². The number of rotatable bonds is 5. The van der Waals surface area contributed by atoms with Gasteiger partial charge in [-0.1, -0.05) is 47.4 Å². The molecule has 2 aromatic carbocycles. The van der Waals surface area contributed by atoms with Crippen molar-refractivity contribution in [3.63, 3.8) is 0 Å². The summed E-state index contributed by atoms with van der Waals surface area (Å²) in [5.74, 6) is 0.0663. The number of halogens is 1. The fraction of sp³-hybridized carbons (Fsp3) is 0.211. The van der Waals surface area contributed by atoms with Crippen LogP contribution in [0.4, 0.5) is 20.9 Å². The highest BCUT2D eigenvalue weighted by atomic mass is 32.2.